The molecule has 0 aliphatic carbocycles. The SMILES string of the molecule is CCCCC(CC)CC(NN)c1nccc2ccccc12. The molecule has 2 aromatic rings. The van der Waals surface area contributed by atoms with Crippen molar-refractivity contribution in [1.82, 2.24) is 10.4 Å². The van der Waals surface area contributed by atoms with E-state index < -0.39 is 0 Å². The van der Waals surface area contributed by atoms with Crippen molar-refractivity contribution in [3.63, 3.8) is 0 Å². The number of nitrogens with zero attached hydrogens (tertiary/aromatic N) is 1. The first-order valence-corrected chi connectivity index (χ1v) is 8.09. The van der Waals surface area contributed by atoms with Crippen LogP contribution >= 0.6 is 0 Å². The zero-order valence-electron chi connectivity index (χ0n) is 13.2. The summed E-state index contributed by atoms with van der Waals surface area (Å²) in [5.74, 6) is 6.54. The summed E-state index contributed by atoms with van der Waals surface area (Å²) in [5, 5.41) is 2.43. The lowest BCUT2D eigenvalue weighted by atomic mass is 9.90. The molecule has 0 saturated heterocycles. The summed E-state index contributed by atoms with van der Waals surface area (Å²) in [6, 6.07) is 10.6. The highest BCUT2D eigenvalue weighted by Crippen LogP contribution is 2.29. The fourth-order valence-corrected chi connectivity index (χ4v) is 2.99. The monoisotopic (exact) mass is 285 g/mol. The molecule has 2 rings (SSSR count). The zero-order valence-corrected chi connectivity index (χ0v) is 13.2. The van der Waals surface area contributed by atoms with Crippen molar-refractivity contribution in [3.8, 4) is 0 Å². The van der Waals surface area contributed by atoms with Crippen molar-refractivity contribution < 1.29 is 0 Å². The first kappa shape index (κ1) is 15.9. The van der Waals surface area contributed by atoms with Gasteiger partial charge >= 0.3 is 0 Å². The Bertz CT molecular complexity index is 548. The molecule has 3 heteroatoms. The van der Waals surface area contributed by atoms with Crippen molar-refractivity contribution in [1.29, 1.82) is 0 Å². The number of aromatic nitrogens is 1. The molecule has 0 aliphatic rings. The number of nitrogens with one attached hydrogen (secondary N) is 1. The number of hydrazine groups is 1. The van der Waals surface area contributed by atoms with Gasteiger partial charge < -0.3 is 0 Å². The van der Waals surface area contributed by atoms with E-state index in [1.807, 2.05) is 6.20 Å². The van der Waals surface area contributed by atoms with Crippen LogP contribution in [0.3, 0.4) is 0 Å². The largest absolute Gasteiger partial charge is 0.271 e. The van der Waals surface area contributed by atoms with Crippen LogP contribution in [0.25, 0.3) is 10.8 Å². The summed E-state index contributed by atoms with van der Waals surface area (Å²) >= 11 is 0. The van der Waals surface area contributed by atoms with Crippen LogP contribution in [0.15, 0.2) is 36.5 Å². The predicted octanol–water partition coefficient (Wildman–Crippen LogP) is 4.35. The van der Waals surface area contributed by atoms with Crippen molar-refractivity contribution in [2.45, 2.75) is 52.0 Å². The van der Waals surface area contributed by atoms with Gasteiger partial charge in [-0.05, 0) is 23.8 Å². The first-order chi connectivity index (χ1) is 10.3. The minimum Gasteiger partial charge on any atom is -0.271 e. The Morgan fingerprint density at radius 3 is 2.71 bits per heavy atom. The molecule has 0 saturated carbocycles. The molecule has 0 fully saturated rings. The van der Waals surface area contributed by atoms with E-state index in [1.165, 1.54) is 36.5 Å². The molecule has 1 aromatic heterocycles. The molecule has 0 radical (unpaired) electrons. The number of unbranched alkanes of at least 4 members (excludes halogenated alkanes) is 1. The Labute approximate surface area is 127 Å². The Kier molecular flexibility index (Phi) is 6.15. The third kappa shape index (κ3) is 4.02. The van der Waals surface area contributed by atoms with E-state index in [4.69, 9.17) is 5.84 Å². The van der Waals surface area contributed by atoms with Crippen LogP contribution < -0.4 is 11.3 Å². The molecule has 0 aliphatic heterocycles. The Morgan fingerprint density at radius 2 is 2.00 bits per heavy atom. The Hall–Kier alpha value is -1.45. The molecule has 0 bridgehead atoms. The summed E-state index contributed by atoms with van der Waals surface area (Å²) in [6.07, 6.45) is 7.95. The lowest BCUT2D eigenvalue weighted by Gasteiger charge is -2.23. The number of fused-ring (bicyclic) bond motifs is 1. The maximum atomic E-state index is 5.84. The average molecular weight is 285 g/mol. The molecule has 21 heavy (non-hydrogen) atoms. The molecule has 1 heterocycles. The van der Waals surface area contributed by atoms with Crippen LogP contribution in [-0.2, 0) is 0 Å². The highest BCUT2D eigenvalue weighted by Gasteiger charge is 2.18. The average Bonchev–Trinajstić information content (AvgIpc) is 2.55. The predicted molar refractivity (Wildman–Crippen MR) is 89.7 cm³/mol. The number of nitrogens with two attached hydrogens (primary N) is 1. The van der Waals surface area contributed by atoms with E-state index in [1.54, 1.807) is 0 Å². The zero-order chi connectivity index (χ0) is 15.1. The molecule has 2 unspecified atom stereocenters. The van der Waals surface area contributed by atoms with Gasteiger partial charge in [0.1, 0.15) is 0 Å². The van der Waals surface area contributed by atoms with Crippen LogP contribution in [0.5, 0.6) is 0 Å². The second-order valence-electron chi connectivity index (χ2n) is 5.79. The van der Waals surface area contributed by atoms with Gasteiger partial charge in [0.05, 0.1) is 11.7 Å². The smallest absolute Gasteiger partial charge is 0.0664 e. The fraction of sp³-hybridized carbons (Fsp3) is 0.500. The van der Waals surface area contributed by atoms with Crippen LogP contribution in [0.2, 0.25) is 0 Å². The third-order valence-corrected chi connectivity index (χ3v) is 4.35. The van der Waals surface area contributed by atoms with Gasteiger partial charge in [-0.2, -0.15) is 0 Å². The van der Waals surface area contributed by atoms with Gasteiger partial charge in [0, 0.05) is 11.6 Å². The Morgan fingerprint density at radius 1 is 1.19 bits per heavy atom. The number of pyridine rings is 1. The number of hydrogen-bond acceptors (Lipinski definition) is 3. The fourth-order valence-electron chi connectivity index (χ4n) is 2.99. The molecule has 114 valence electrons. The molecule has 2 atom stereocenters. The van der Waals surface area contributed by atoms with E-state index >= 15 is 0 Å². The van der Waals surface area contributed by atoms with Gasteiger partial charge in [-0.25, -0.2) is 0 Å². The van der Waals surface area contributed by atoms with Crippen molar-refractivity contribution in [3.05, 3.63) is 42.2 Å². The first-order valence-electron chi connectivity index (χ1n) is 8.09. The van der Waals surface area contributed by atoms with Crippen molar-refractivity contribution in [2.75, 3.05) is 0 Å². The minimum absolute atomic E-state index is 0.123. The van der Waals surface area contributed by atoms with Gasteiger partial charge in [0.15, 0.2) is 0 Å². The quantitative estimate of drug-likeness (QED) is 0.560. The van der Waals surface area contributed by atoms with Crippen LogP contribution in [0, 0.1) is 5.92 Å². The summed E-state index contributed by atoms with van der Waals surface area (Å²) in [4.78, 5) is 4.60. The van der Waals surface area contributed by atoms with Gasteiger partial charge in [-0.15, -0.1) is 0 Å². The maximum Gasteiger partial charge on any atom is 0.0664 e. The standard InChI is InChI=1S/C18H27N3/c1-3-5-8-14(4-2)13-17(21-19)18-16-10-7-6-9-15(16)11-12-20-18/h6-7,9-12,14,17,21H,3-5,8,13,19H2,1-2H3. The molecular weight excluding hydrogens is 258 g/mol. The highest BCUT2D eigenvalue weighted by atomic mass is 15.2. The lowest BCUT2D eigenvalue weighted by molar-refractivity contribution is 0.354. The van der Waals surface area contributed by atoms with E-state index in [9.17, 15) is 0 Å². The summed E-state index contributed by atoms with van der Waals surface area (Å²) in [6.45, 7) is 4.52. The van der Waals surface area contributed by atoms with E-state index in [0.29, 0.717) is 5.92 Å². The number of hydrogen-bond donors (Lipinski definition) is 2. The normalized spacial score (nSPS) is 14.2. The number of benzene rings is 1. The van der Waals surface area contributed by atoms with Gasteiger partial charge in [0.25, 0.3) is 0 Å². The molecule has 3 N–H and O–H groups in total. The van der Waals surface area contributed by atoms with Crippen LogP contribution in [0.1, 0.15) is 57.7 Å². The molecule has 0 spiro atoms. The molecule has 1 aromatic carbocycles. The van der Waals surface area contributed by atoms with Crippen LogP contribution in [-0.4, -0.2) is 4.98 Å². The van der Waals surface area contributed by atoms with Gasteiger partial charge in [-0.3, -0.25) is 16.3 Å². The van der Waals surface area contributed by atoms with Gasteiger partial charge in [-0.1, -0.05) is 63.8 Å². The topological polar surface area (TPSA) is 50.9 Å². The van der Waals surface area contributed by atoms with Crippen molar-refractivity contribution >= 4 is 10.8 Å². The molecule has 3 nitrogen and oxygen atoms in total. The minimum atomic E-state index is 0.123. The summed E-state index contributed by atoms with van der Waals surface area (Å²) in [5.41, 5.74) is 4.06. The summed E-state index contributed by atoms with van der Waals surface area (Å²) < 4.78 is 0. The highest BCUT2D eigenvalue weighted by molar-refractivity contribution is 5.84. The van der Waals surface area contributed by atoms with E-state index in [0.717, 1.165) is 12.1 Å². The van der Waals surface area contributed by atoms with Gasteiger partial charge in [0.2, 0.25) is 0 Å². The Balaban J connectivity index is 2.22. The second-order valence-corrected chi connectivity index (χ2v) is 5.79. The van der Waals surface area contributed by atoms with Crippen molar-refractivity contribution in [2.24, 2.45) is 11.8 Å². The maximum absolute atomic E-state index is 5.84. The summed E-state index contributed by atoms with van der Waals surface area (Å²) in [7, 11) is 0. The third-order valence-electron chi connectivity index (χ3n) is 4.35. The van der Waals surface area contributed by atoms with Crippen LogP contribution in [0.4, 0.5) is 0 Å². The lowest BCUT2D eigenvalue weighted by Crippen LogP contribution is -2.30. The molecule has 0 amide bonds. The molecular formula is C18H27N3. The van der Waals surface area contributed by atoms with E-state index in [2.05, 4.69) is 54.6 Å². The second kappa shape index (κ2) is 8.11. The van der Waals surface area contributed by atoms with E-state index in [-0.39, 0.29) is 6.04 Å². The number of rotatable bonds is 8.